The lowest BCUT2D eigenvalue weighted by Crippen LogP contribution is -2.29. The number of esters is 1. The Morgan fingerprint density at radius 3 is 2.48 bits per heavy atom. The number of benzene rings is 1. The molecule has 1 rings (SSSR count). The van der Waals surface area contributed by atoms with Gasteiger partial charge < -0.3 is 14.4 Å². The Bertz CT molecular complexity index is 513. The Balaban J connectivity index is 2.83. The average molecular weight is 293 g/mol. The molecule has 116 valence electrons. The van der Waals surface area contributed by atoms with E-state index in [2.05, 4.69) is 0 Å². The van der Waals surface area contributed by atoms with Gasteiger partial charge in [-0.05, 0) is 32.2 Å². The van der Waals surface area contributed by atoms with Gasteiger partial charge in [-0.1, -0.05) is 6.92 Å². The maximum absolute atomic E-state index is 11.5. The van der Waals surface area contributed by atoms with Crippen LogP contribution in [0.3, 0.4) is 0 Å². The van der Waals surface area contributed by atoms with E-state index < -0.39 is 0 Å². The number of carbonyl (C=O) groups excluding carboxylic acids is 2. The molecule has 0 N–H and O–H groups in total. The summed E-state index contributed by atoms with van der Waals surface area (Å²) in [7, 11) is 4.90. The largest absolute Gasteiger partial charge is 0.496 e. The third-order valence-electron chi connectivity index (χ3n) is 3.32. The van der Waals surface area contributed by atoms with Crippen molar-refractivity contribution in [2.75, 3.05) is 27.8 Å². The Kier molecular flexibility index (Phi) is 6.37. The number of hydrogen-bond donors (Lipinski definition) is 0. The van der Waals surface area contributed by atoms with Crippen LogP contribution in [0, 0.1) is 5.92 Å². The van der Waals surface area contributed by atoms with Crippen LogP contribution in [0.25, 0.3) is 0 Å². The van der Waals surface area contributed by atoms with Crippen molar-refractivity contribution < 1.29 is 19.1 Å². The van der Waals surface area contributed by atoms with Gasteiger partial charge in [-0.2, -0.15) is 0 Å². The average Bonchev–Trinajstić information content (AvgIpc) is 2.45. The van der Waals surface area contributed by atoms with Crippen LogP contribution < -0.4 is 4.74 Å². The van der Waals surface area contributed by atoms with Crippen molar-refractivity contribution in [3.8, 4) is 5.75 Å². The molecule has 0 saturated carbocycles. The fraction of sp³-hybridized carbons (Fsp3) is 0.500. The molecule has 0 bridgehead atoms. The van der Waals surface area contributed by atoms with Crippen LogP contribution in [0.2, 0.25) is 0 Å². The van der Waals surface area contributed by atoms with Crippen molar-refractivity contribution in [1.82, 2.24) is 4.90 Å². The summed E-state index contributed by atoms with van der Waals surface area (Å²) < 4.78 is 10.0. The van der Waals surface area contributed by atoms with Gasteiger partial charge in [-0.15, -0.1) is 0 Å². The molecule has 1 aromatic carbocycles. The van der Waals surface area contributed by atoms with E-state index in [0.29, 0.717) is 18.7 Å². The first-order valence-corrected chi connectivity index (χ1v) is 6.83. The van der Waals surface area contributed by atoms with E-state index in [1.165, 1.54) is 14.0 Å². The second kappa shape index (κ2) is 7.78. The maximum Gasteiger partial charge on any atom is 0.309 e. The van der Waals surface area contributed by atoms with Gasteiger partial charge in [0.1, 0.15) is 5.75 Å². The van der Waals surface area contributed by atoms with E-state index in [4.69, 9.17) is 9.47 Å². The number of carbonyl (C=O) groups is 2. The predicted octanol–water partition coefficient (Wildman–Crippen LogP) is 2.14. The van der Waals surface area contributed by atoms with Gasteiger partial charge in [0.05, 0.1) is 20.1 Å². The highest BCUT2D eigenvalue weighted by Crippen LogP contribution is 2.22. The first-order valence-electron chi connectivity index (χ1n) is 6.83. The van der Waals surface area contributed by atoms with E-state index in [1.807, 2.05) is 24.9 Å². The lowest BCUT2D eigenvalue weighted by Gasteiger charge is -2.21. The molecule has 0 aromatic heterocycles. The van der Waals surface area contributed by atoms with E-state index in [0.717, 1.165) is 11.3 Å². The van der Waals surface area contributed by atoms with Crippen molar-refractivity contribution in [3.63, 3.8) is 0 Å². The number of rotatable bonds is 7. The minimum atomic E-state index is -0.230. The van der Waals surface area contributed by atoms with Gasteiger partial charge in [0.25, 0.3) is 0 Å². The van der Waals surface area contributed by atoms with Crippen LogP contribution >= 0.6 is 0 Å². The van der Waals surface area contributed by atoms with Crippen molar-refractivity contribution in [2.45, 2.75) is 20.4 Å². The van der Waals surface area contributed by atoms with Gasteiger partial charge in [0.15, 0.2) is 5.78 Å². The fourth-order valence-corrected chi connectivity index (χ4v) is 2.22. The van der Waals surface area contributed by atoms with E-state index in [9.17, 15) is 9.59 Å². The molecule has 0 amide bonds. The highest BCUT2D eigenvalue weighted by molar-refractivity contribution is 5.94. The van der Waals surface area contributed by atoms with Crippen LogP contribution in [0.5, 0.6) is 5.75 Å². The number of hydrogen-bond acceptors (Lipinski definition) is 5. The standard InChI is InChI=1S/C16H23NO4/c1-11(16(19)21-5)9-17(3)10-14-8-13(12(2)18)6-7-15(14)20-4/h6-8,11H,9-10H2,1-5H3. The Morgan fingerprint density at radius 2 is 1.95 bits per heavy atom. The number of ether oxygens (including phenoxy) is 2. The molecular weight excluding hydrogens is 270 g/mol. The van der Waals surface area contributed by atoms with E-state index in [1.54, 1.807) is 19.2 Å². The normalized spacial score (nSPS) is 12.1. The summed E-state index contributed by atoms with van der Waals surface area (Å²) in [5.74, 6) is 0.315. The molecule has 0 heterocycles. The predicted molar refractivity (Wildman–Crippen MR) is 80.5 cm³/mol. The van der Waals surface area contributed by atoms with Crippen molar-refractivity contribution in [3.05, 3.63) is 29.3 Å². The molecular formula is C16H23NO4. The molecule has 0 radical (unpaired) electrons. The molecule has 0 saturated heterocycles. The third-order valence-corrected chi connectivity index (χ3v) is 3.32. The van der Waals surface area contributed by atoms with Gasteiger partial charge in [0.2, 0.25) is 0 Å². The van der Waals surface area contributed by atoms with Crippen LogP contribution in [-0.2, 0) is 16.1 Å². The first-order chi connectivity index (χ1) is 9.88. The zero-order valence-corrected chi connectivity index (χ0v) is 13.3. The van der Waals surface area contributed by atoms with E-state index >= 15 is 0 Å². The van der Waals surface area contributed by atoms with Crippen LogP contribution in [0.1, 0.15) is 29.8 Å². The highest BCUT2D eigenvalue weighted by atomic mass is 16.5. The first kappa shape index (κ1) is 17.2. The summed E-state index contributed by atoms with van der Waals surface area (Å²) in [4.78, 5) is 24.9. The summed E-state index contributed by atoms with van der Waals surface area (Å²) in [5.41, 5.74) is 1.57. The second-order valence-corrected chi connectivity index (χ2v) is 5.20. The molecule has 0 aliphatic carbocycles. The number of nitrogens with zero attached hydrogens (tertiary/aromatic N) is 1. The molecule has 0 aliphatic heterocycles. The topological polar surface area (TPSA) is 55.8 Å². The number of methoxy groups -OCH3 is 2. The minimum Gasteiger partial charge on any atom is -0.496 e. The minimum absolute atomic E-state index is 0.0180. The second-order valence-electron chi connectivity index (χ2n) is 5.20. The number of ketones is 1. The van der Waals surface area contributed by atoms with Gasteiger partial charge >= 0.3 is 5.97 Å². The zero-order valence-electron chi connectivity index (χ0n) is 13.3. The summed E-state index contributed by atoms with van der Waals surface area (Å²) in [6, 6.07) is 5.38. The SMILES string of the molecule is COC(=O)C(C)CN(C)Cc1cc(C(C)=O)ccc1OC. The van der Waals surface area contributed by atoms with Crippen LogP contribution in [0.15, 0.2) is 18.2 Å². The van der Waals surface area contributed by atoms with E-state index in [-0.39, 0.29) is 17.7 Å². The van der Waals surface area contributed by atoms with Crippen LogP contribution in [-0.4, -0.2) is 44.5 Å². The Morgan fingerprint density at radius 1 is 1.29 bits per heavy atom. The van der Waals surface area contributed by atoms with Gasteiger partial charge in [-0.25, -0.2) is 0 Å². The summed E-state index contributed by atoms with van der Waals surface area (Å²) in [6.07, 6.45) is 0. The van der Waals surface area contributed by atoms with Crippen molar-refractivity contribution in [2.24, 2.45) is 5.92 Å². The molecule has 5 nitrogen and oxygen atoms in total. The summed E-state index contributed by atoms with van der Waals surface area (Å²) >= 11 is 0. The maximum atomic E-state index is 11.5. The lowest BCUT2D eigenvalue weighted by atomic mass is 10.1. The molecule has 1 unspecified atom stereocenters. The van der Waals surface area contributed by atoms with Crippen molar-refractivity contribution in [1.29, 1.82) is 0 Å². The molecule has 0 spiro atoms. The smallest absolute Gasteiger partial charge is 0.309 e. The molecule has 21 heavy (non-hydrogen) atoms. The molecule has 1 aromatic rings. The highest BCUT2D eigenvalue weighted by Gasteiger charge is 2.17. The van der Waals surface area contributed by atoms with Crippen molar-refractivity contribution >= 4 is 11.8 Å². The molecule has 5 heteroatoms. The quantitative estimate of drug-likeness (QED) is 0.569. The number of Topliss-reactive ketones (excluding diaryl/α,β-unsaturated/α-hetero) is 1. The monoisotopic (exact) mass is 293 g/mol. The molecule has 0 aliphatic rings. The fourth-order valence-electron chi connectivity index (χ4n) is 2.22. The zero-order chi connectivity index (χ0) is 16.0. The summed E-state index contributed by atoms with van der Waals surface area (Å²) in [6.45, 7) is 4.52. The Labute approximate surface area is 125 Å². The molecule has 1 atom stereocenters. The Hall–Kier alpha value is -1.88. The van der Waals surface area contributed by atoms with Gasteiger partial charge in [0, 0.05) is 24.2 Å². The third kappa shape index (κ3) is 4.86. The van der Waals surface area contributed by atoms with Gasteiger partial charge in [-0.3, -0.25) is 9.59 Å². The van der Waals surface area contributed by atoms with Crippen LogP contribution in [0.4, 0.5) is 0 Å². The summed E-state index contributed by atoms with van der Waals surface area (Å²) in [5, 5.41) is 0. The molecule has 0 fully saturated rings. The lowest BCUT2D eigenvalue weighted by molar-refractivity contribution is -0.145.